The summed E-state index contributed by atoms with van der Waals surface area (Å²) in [7, 11) is 0. The SMILES string of the molecule is CCC=CC1CCC(CCc2cnc(-c3ccc(Cl)c(F)c3)nc2)CC1. The molecule has 2 nitrogen and oxygen atoms in total. The summed E-state index contributed by atoms with van der Waals surface area (Å²) in [5, 5.41) is 0.116. The van der Waals surface area contributed by atoms with Crippen molar-refractivity contribution in [2.45, 2.75) is 51.9 Å². The first kappa shape index (κ1) is 19.0. The quantitative estimate of drug-likeness (QED) is 0.531. The van der Waals surface area contributed by atoms with Crippen LogP contribution in [0.15, 0.2) is 42.7 Å². The lowest BCUT2D eigenvalue weighted by atomic mass is 9.79. The van der Waals surface area contributed by atoms with Gasteiger partial charge in [0.15, 0.2) is 5.82 Å². The van der Waals surface area contributed by atoms with Crippen LogP contribution in [0.25, 0.3) is 11.4 Å². The Morgan fingerprint density at radius 2 is 1.88 bits per heavy atom. The van der Waals surface area contributed by atoms with Crippen molar-refractivity contribution in [3.05, 3.63) is 59.1 Å². The van der Waals surface area contributed by atoms with Crippen LogP contribution in [0, 0.1) is 17.7 Å². The Morgan fingerprint density at radius 3 is 2.54 bits per heavy atom. The van der Waals surface area contributed by atoms with E-state index in [0.29, 0.717) is 11.4 Å². The van der Waals surface area contributed by atoms with Gasteiger partial charge in [0, 0.05) is 18.0 Å². The molecule has 1 aliphatic rings. The molecule has 1 heterocycles. The average molecular weight is 373 g/mol. The highest BCUT2D eigenvalue weighted by molar-refractivity contribution is 6.30. The molecular weight excluding hydrogens is 347 g/mol. The van der Waals surface area contributed by atoms with Crippen molar-refractivity contribution in [3.8, 4) is 11.4 Å². The van der Waals surface area contributed by atoms with Crippen LogP contribution in [0.1, 0.15) is 51.0 Å². The highest BCUT2D eigenvalue weighted by Gasteiger charge is 2.19. The monoisotopic (exact) mass is 372 g/mol. The molecule has 0 spiro atoms. The van der Waals surface area contributed by atoms with E-state index in [2.05, 4.69) is 29.0 Å². The van der Waals surface area contributed by atoms with Gasteiger partial charge in [0.25, 0.3) is 0 Å². The van der Waals surface area contributed by atoms with E-state index in [0.717, 1.165) is 30.2 Å². The summed E-state index contributed by atoms with van der Waals surface area (Å²) in [5.41, 5.74) is 1.80. The second kappa shape index (κ2) is 9.27. The fourth-order valence-electron chi connectivity index (χ4n) is 3.64. The second-order valence-electron chi connectivity index (χ2n) is 7.20. The largest absolute Gasteiger partial charge is 0.236 e. The number of nitrogens with zero attached hydrogens (tertiary/aromatic N) is 2. The first-order valence-corrected chi connectivity index (χ1v) is 9.96. The summed E-state index contributed by atoms with van der Waals surface area (Å²) >= 11 is 5.72. The number of hydrogen-bond acceptors (Lipinski definition) is 2. The summed E-state index contributed by atoms with van der Waals surface area (Å²) in [6.45, 7) is 2.19. The Morgan fingerprint density at radius 1 is 1.15 bits per heavy atom. The van der Waals surface area contributed by atoms with Gasteiger partial charge in [-0.3, -0.25) is 0 Å². The lowest BCUT2D eigenvalue weighted by Crippen LogP contribution is -2.13. The molecule has 1 saturated carbocycles. The van der Waals surface area contributed by atoms with E-state index in [-0.39, 0.29) is 5.02 Å². The summed E-state index contributed by atoms with van der Waals surface area (Å²) in [6.07, 6.45) is 17.1. The lowest BCUT2D eigenvalue weighted by molar-refractivity contribution is 0.296. The maximum absolute atomic E-state index is 13.6. The molecule has 0 radical (unpaired) electrons. The van der Waals surface area contributed by atoms with Gasteiger partial charge in [0.2, 0.25) is 0 Å². The van der Waals surface area contributed by atoms with Crippen LogP contribution < -0.4 is 0 Å². The molecule has 0 unspecified atom stereocenters. The highest BCUT2D eigenvalue weighted by Crippen LogP contribution is 2.32. The van der Waals surface area contributed by atoms with Crippen molar-refractivity contribution < 1.29 is 4.39 Å². The van der Waals surface area contributed by atoms with Gasteiger partial charge in [-0.05, 0) is 80.5 Å². The molecule has 1 aromatic heterocycles. The summed E-state index contributed by atoms with van der Waals surface area (Å²) in [5.74, 6) is 1.69. The van der Waals surface area contributed by atoms with Gasteiger partial charge in [-0.2, -0.15) is 0 Å². The van der Waals surface area contributed by atoms with E-state index in [1.54, 1.807) is 6.07 Å². The van der Waals surface area contributed by atoms with E-state index in [9.17, 15) is 4.39 Å². The number of halogens is 2. The minimum Gasteiger partial charge on any atom is -0.236 e. The van der Waals surface area contributed by atoms with Crippen molar-refractivity contribution in [1.82, 2.24) is 9.97 Å². The predicted molar refractivity (Wildman–Crippen MR) is 106 cm³/mol. The molecule has 26 heavy (non-hydrogen) atoms. The van der Waals surface area contributed by atoms with Crippen molar-refractivity contribution in [1.29, 1.82) is 0 Å². The average Bonchev–Trinajstić information content (AvgIpc) is 2.68. The van der Waals surface area contributed by atoms with Crippen LogP contribution in [0.4, 0.5) is 4.39 Å². The molecule has 0 bridgehead atoms. The molecule has 0 saturated heterocycles. The number of rotatable bonds is 6. The lowest BCUT2D eigenvalue weighted by Gasteiger charge is -2.26. The summed E-state index contributed by atoms with van der Waals surface area (Å²) < 4.78 is 13.6. The molecule has 0 aliphatic heterocycles. The minimum absolute atomic E-state index is 0.116. The fourth-order valence-corrected chi connectivity index (χ4v) is 3.75. The van der Waals surface area contributed by atoms with Crippen LogP contribution in [0.5, 0.6) is 0 Å². The van der Waals surface area contributed by atoms with E-state index in [4.69, 9.17) is 11.6 Å². The third-order valence-electron chi connectivity index (χ3n) is 5.26. The van der Waals surface area contributed by atoms with Crippen molar-refractivity contribution in [2.75, 3.05) is 0 Å². The number of benzene rings is 1. The first-order chi connectivity index (χ1) is 12.7. The van der Waals surface area contributed by atoms with E-state index < -0.39 is 5.82 Å². The molecule has 4 heteroatoms. The number of aromatic nitrogens is 2. The van der Waals surface area contributed by atoms with Crippen LogP contribution in [0.2, 0.25) is 5.02 Å². The van der Waals surface area contributed by atoms with Crippen molar-refractivity contribution in [2.24, 2.45) is 11.8 Å². The standard InChI is InChI=1S/C22H26ClFN2/c1-2-3-4-16-5-7-17(8-6-16)9-10-18-14-25-22(26-15-18)19-11-12-20(23)21(24)13-19/h3-4,11-17H,2,5-10H2,1H3. The zero-order chi connectivity index (χ0) is 18.4. The Balaban J connectivity index is 1.50. The van der Waals surface area contributed by atoms with Crippen LogP contribution >= 0.6 is 11.6 Å². The molecule has 2 aromatic rings. The van der Waals surface area contributed by atoms with Gasteiger partial charge in [0.1, 0.15) is 5.82 Å². The van der Waals surface area contributed by atoms with Gasteiger partial charge in [0.05, 0.1) is 5.02 Å². The zero-order valence-electron chi connectivity index (χ0n) is 15.3. The molecule has 0 N–H and O–H groups in total. The smallest absolute Gasteiger partial charge is 0.159 e. The molecule has 1 aromatic carbocycles. The molecule has 1 aliphatic carbocycles. The van der Waals surface area contributed by atoms with Crippen molar-refractivity contribution in [3.63, 3.8) is 0 Å². The molecular formula is C22H26ClFN2. The number of aryl methyl sites for hydroxylation is 1. The summed E-state index contributed by atoms with van der Waals surface area (Å²) in [4.78, 5) is 8.80. The number of allylic oxidation sites excluding steroid dienone is 2. The fraction of sp³-hybridized carbons (Fsp3) is 0.455. The van der Waals surface area contributed by atoms with Crippen LogP contribution in [-0.2, 0) is 6.42 Å². The van der Waals surface area contributed by atoms with Gasteiger partial charge in [-0.1, -0.05) is 30.7 Å². The topological polar surface area (TPSA) is 25.8 Å². The zero-order valence-corrected chi connectivity index (χ0v) is 16.1. The van der Waals surface area contributed by atoms with Gasteiger partial charge in [-0.15, -0.1) is 0 Å². The molecule has 0 amide bonds. The third kappa shape index (κ3) is 5.14. The second-order valence-corrected chi connectivity index (χ2v) is 7.61. The first-order valence-electron chi connectivity index (χ1n) is 9.58. The van der Waals surface area contributed by atoms with E-state index in [1.807, 2.05) is 12.4 Å². The minimum atomic E-state index is -0.443. The van der Waals surface area contributed by atoms with Crippen molar-refractivity contribution >= 4 is 11.6 Å². The summed E-state index contributed by atoms with van der Waals surface area (Å²) in [6, 6.07) is 4.66. The Hall–Kier alpha value is -1.74. The van der Waals surface area contributed by atoms with Gasteiger partial charge in [-0.25, -0.2) is 14.4 Å². The van der Waals surface area contributed by atoms with Crippen LogP contribution in [-0.4, -0.2) is 9.97 Å². The van der Waals surface area contributed by atoms with E-state index >= 15 is 0 Å². The Bertz CT molecular complexity index is 734. The van der Waals surface area contributed by atoms with Crippen LogP contribution in [0.3, 0.4) is 0 Å². The maximum Gasteiger partial charge on any atom is 0.159 e. The third-order valence-corrected chi connectivity index (χ3v) is 5.57. The van der Waals surface area contributed by atoms with E-state index in [1.165, 1.54) is 44.2 Å². The highest BCUT2D eigenvalue weighted by atomic mass is 35.5. The van der Waals surface area contributed by atoms with Gasteiger partial charge >= 0.3 is 0 Å². The van der Waals surface area contributed by atoms with Gasteiger partial charge < -0.3 is 0 Å². The predicted octanol–water partition coefficient (Wildman–Crippen LogP) is 6.64. The molecule has 138 valence electrons. The maximum atomic E-state index is 13.6. The molecule has 1 fully saturated rings. The Kier molecular flexibility index (Phi) is 6.79. The Labute approximate surface area is 160 Å². The normalized spacial score (nSPS) is 20.6. The molecule has 0 atom stereocenters. The molecule has 3 rings (SSSR count). The number of hydrogen-bond donors (Lipinski definition) is 0.